The van der Waals surface area contributed by atoms with Crippen molar-refractivity contribution >= 4 is 0 Å². The second kappa shape index (κ2) is 18.7. The highest BCUT2D eigenvalue weighted by Crippen LogP contribution is 2.10. The van der Waals surface area contributed by atoms with Gasteiger partial charge in [0.2, 0.25) is 0 Å². The Morgan fingerprint density at radius 1 is 0.682 bits per heavy atom. The van der Waals surface area contributed by atoms with Crippen molar-refractivity contribution in [2.45, 2.75) is 117 Å². The molecular formula is C21H43N. The average Bonchev–Trinajstić information content (AvgIpc) is 2.51. The van der Waals surface area contributed by atoms with Gasteiger partial charge in [0.05, 0.1) is 0 Å². The highest BCUT2D eigenvalue weighted by Gasteiger charge is 1.98. The summed E-state index contributed by atoms with van der Waals surface area (Å²) in [6.45, 7) is 7.88. The monoisotopic (exact) mass is 309 g/mol. The molecule has 0 aromatic heterocycles. The number of allylic oxidation sites excluding steroid dienone is 2. The first kappa shape index (κ1) is 21.7. The SMILES string of the molecule is CCCCCCCC/C=C\CCCCCCCC(C)NCC. The number of hydrogen-bond acceptors (Lipinski definition) is 1. The Hall–Kier alpha value is -0.300. The van der Waals surface area contributed by atoms with E-state index in [2.05, 4.69) is 38.2 Å². The molecule has 1 unspecified atom stereocenters. The van der Waals surface area contributed by atoms with Crippen molar-refractivity contribution in [2.75, 3.05) is 6.54 Å². The second-order valence-corrected chi connectivity index (χ2v) is 6.83. The van der Waals surface area contributed by atoms with Crippen LogP contribution in [0.25, 0.3) is 0 Å². The molecule has 0 fully saturated rings. The topological polar surface area (TPSA) is 12.0 Å². The van der Waals surface area contributed by atoms with Gasteiger partial charge >= 0.3 is 0 Å². The lowest BCUT2D eigenvalue weighted by molar-refractivity contribution is 0.490. The molecule has 1 N–H and O–H groups in total. The van der Waals surface area contributed by atoms with E-state index < -0.39 is 0 Å². The molecule has 0 aliphatic rings. The number of rotatable bonds is 17. The molecule has 0 aliphatic carbocycles. The van der Waals surface area contributed by atoms with E-state index in [1.807, 2.05) is 0 Å². The highest BCUT2D eigenvalue weighted by atomic mass is 14.9. The molecule has 1 nitrogen and oxygen atoms in total. The van der Waals surface area contributed by atoms with E-state index in [4.69, 9.17) is 0 Å². The van der Waals surface area contributed by atoms with Crippen LogP contribution in [0, 0.1) is 0 Å². The van der Waals surface area contributed by atoms with Crippen molar-refractivity contribution in [3.05, 3.63) is 12.2 Å². The number of unbranched alkanes of at least 4 members (excludes halogenated alkanes) is 11. The molecule has 0 aromatic carbocycles. The standard InChI is InChI=1S/C21H43N/c1-4-6-7-8-9-10-11-12-13-14-15-16-17-18-19-20-21(3)22-5-2/h12-13,21-22H,4-11,14-20H2,1-3H3/b13-12-. The van der Waals surface area contributed by atoms with Crippen LogP contribution in [0.2, 0.25) is 0 Å². The highest BCUT2D eigenvalue weighted by molar-refractivity contribution is 4.81. The lowest BCUT2D eigenvalue weighted by Gasteiger charge is -2.11. The minimum absolute atomic E-state index is 0.704. The summed E-state index contributed by atoms with van der Waals surface area (Å²) < 4.78 is 0. The fourth-order valence-corrected chi connectivity index (χ4v) is 2.97. The average molecular weight is 310 g/mol. The summed E-state index contributed by atoms with van der Waals surface area (Å²) in [7, 11) is 0. The van der Waals surface area contributed by atoms with Crippen molar-refractivity contribution in [2.24, 2.45) is 0 Å². The van der Waals surface area contributed by atoms with Gasteiger partial charge in [-0.2, -0.15) is 0 Å². The van der Waals surface area contributed by atoms with E-state index in [9.17, 15) is 0 Å². The predicted molar refractivity (Wildman–Crippen MR) is 103 cm³/mol. The third kappa shape index (κ3) is 17.8. The summed E-state index contributed by atoms with van der Waals surface area (Å²) in [6.07, 6.45) is 24.3. The third-order valence-corrected chi connectivity index (χ3v) is 4.45. The van der Waals surface area contributed by atoms with E-state index >= 15 is 0 Å². The molecule has 0 amide bonds. The van der Waals surface area contributed by atoms with Crippen LogP contribution in [0.4, 0.5) is 0 Å². The molecule has 1 atom stereocenters. The Kier molecular flexibility index (Phi) is 18.5. The smallest absolute Gasteiger partial charge is 0.00386 e. The molecule has 0 rings (SSSR count). The van der Waals surface area contributed by atoms with Gasteiger partial charge in [0.1, 0.15) is 0 Å². The van der Waals surface area contributed by atoms with Crippen LogP contribution in [0.15, 0.2) is 12.2 Å². The summed E-state index contributed by atoms with van der Waals surface area (Å²) in [6, 6.07) is 0.704. The lowest BCUT2D eigenvalue weighted by atomic mass is 10.1. The molecule has 0 spiro atoms. The van der Waals surface area contributed by atoms with Gasteiger partial charge in [-0.1, -0.05) is 83.8 Å². The van der Waals surface area contributed by atoms with Gasteiger partial charge in [-0.3, -0.25) is 0 Å². The van der Waals surface area contributed by atoms with Crippen molar-refractivity contribution in [3.8, 4) is 0 Å². The summed E-state index contributed by atoms with van der Waals surface area (Å²) in [4.78, 5) is 0. The van der Waals surface area contributed by atoms with Crippen LogP contribution >= 0.6 is 0 Å². The molecule has 0 radical (unpaired) electrons. The molecule has 1 heteroatoms. The van der Waals surface area contributed by atoms with Crippen LogP contribution in [-0.2, 0) is 0 Å². The Balaban J connectivity index is 3.11. The first-order valence-electron chi connectivity index (χ1n) is 10.2. The first-order chi connectivity index (χ1) is 10.8. The van der Waals surface area contributed by atoms with Crippen LogP contribution in [0.5, 0.6) is 0 Å². The lowest BCUT2D eigenvalue weighted by Crippen LogP contribution is -2.25. The molecule has 0 saturated carbocycles. The second-order valence-electron chi connectivity index (χ2n) is 6.83. The zero-order chi connectivity index (χ0) is 16.3. The zero-order valence-corrected chi connectivity index (χ0v) is 15.8. The van der Waals surface area contributed by atoms with Crippen LogP contribution < -0.4 is 5.32 Å². The van der Waals surface area contributed by atoms with E-state index in [0.29, 0.717) is 6.04 Å². The molecule has 0 aliphatic heterocycles. The first-order valence-corrected chi connectivity index (χ1v) is 10.2. The normalized spacial score (nSPS) is 13.0. The minimum atomic E-state index is 0.704. The Morgan fingerprint density at radius 2 is 1.18 bits per heavy atom. The van der Waals surface area contributed by atoms with Crippen LogP contribution in [0.3, 0.4) is 0 Å². The predicted octanol–water partition coefficient (Wildman–Crippen LogP) is 7.02. The van der Waals surface area contributed by atoms with Gasteiger partial charge in [-0.05, 0) is 45.6 Å². The maximum Gasteiger partial charge on any atom is 0.00386 e. The Labute approximate surface area is 141 Å². The van der Waals surface area contributed by atoms with Gasteiger partial charge in [0.15, 0.2) is 0 Å². The Bertz CT molecular complexity index is 222. The van der Waals surface area contributed by atoms with Crippen molar-refractivity contribution in [3.63, 3.8) is 0 Å². The van der Waals surface area contributed by atoms with Crippen LogP contribution in [-0.4, -0.2) is 12.6 Å². The van der Waals surface area contributed by atoms with Gasteiger partial charge < -0.3 is 5.32 Å². The van der Waals surface area contributed by atoms with Crippen molar-refractivity contribution < 1.29 is 0 Å². The van der Waals surface area contributed by atoms with E-state index in [1.54, 1.807) is 0 Å². The van der Waals surface area contributed by atoms with E-state index in [-0.39, 0.29) is 0 Å². The minimum Gasteiger partial charge on any atom is -0.315 e. The van der Waals surface area contributed by atoms with Gasteiger partial charge in [0, 0.05) is 6.04 Å². The van der Waals surface area contributed by atoms with Gasteiger partial charge in [0.25, 0.3) is 0 Å². The summed E-state index contributed by atoms with van der Waals surface area (Å²) in [5.74, 6) is 0. The fourth-order valence-electron chi connectivity index (χ4n) is 2.97. The van der Waals surface area contributed by atoms with Crippen molar-refractivity contribution in [1.29, 1.82) is 0 Å². The quantitative estimate of drug-likeness (QED) is 0.225. The summed E-state index contributed by atoms with van der Waals surface area (Å²) in [5.41, 5.74) is 0. The molecule has 22 heavy (non-hydrogen) atoms. The third-order valence-electron chi connectivity index (χ3n) is 4.45. The van der Waals surface area contributed by atoms with Gasteiger partial charge in [-0.15, -0.1) is 0 Å². The molecular weight excluding hydrogens is 266 g/mol. The number of nitrogens with one attached hydrogen (secondary N) is 1. The van der Waals surface area contributed by atoms with E-state index in [0.717, 1.165) is 6.54 Å². The van der Waals surface area contributed by atoms with E-state index in [1.165, 1.54) is 89.9 Å². The molecule has 0 bridgehead atoms. The van der Waals surface area contributed by atoms with Crippen LogP contribution in [0.1, 0.15) is 111 Å². The maximum absolute atomic E-state index is 3.49. The summed E-state index contributed by atoms with van der Waals surface area (Å²) >= 11 is 0. The fraction of sp³-hybridized carbons (Fsp3) is 0.905. The summed E-state index contributed by atoms with van der Waals surface area (Å²) in [5, 5.41) is 3.49. The molecule has 0 heterocycles. The largest absolute Gasteiger partial charge is 0.315 e. The van der Waals surface area contributed by atoms with Gasteiger partial charge in [-0.25, -0.2) is 0 Å². The maximum atomic E-state index is 3.49. The molecule has 0 aromatic rings. The van der Waals surface area contributed by atoms with Crippen molar-refractivity contribution in [1.82, 2.24) is 5.32 Å². The molecule has 132 valence electrons. The number of hydrogen-bond donors (Lipinski definition) is 1. The molecule has 0 saturated heterocycles. The Morgan fingerprint density at radius 3 is 1.73 bits per heavy atom. The zero-order valence-electron chi connectivity index (χ0n) is 15.8.